The van der Waals surface area contributed by atoms with Crippen LogP contribution in [0.3, 0.4) is 0 Å². The summed E-state index contributed by atoms with van der Waals surface area (Å²) in [6.07, 6.45) is -0.0717. The molecule has 1 aromatic rings. The number of halogens is 2. The van der Waals surface area contributed by atoms with E-state index in [1.165, 1.54) is 4.90 Å². The highest BCUT2D eigenvalue weighted by atomic mass is 35.5. The van der Waals surface area contributed by atoms with E-state index in [-0.39, 0.29) is 31.5 Å². The molecule has 13 heteroatoms. The fourth-order valence-electron chi connectivity index (χ4n) is 4.64. The Labute approximate surface area is 251 Å². The van der Waals surface area contributed by atoms with Crippen molar-refractivity contribution in [2.75, 3.05) is 26.2 Å². The van der Waals surface area contributed by atoms with Gasteiger partial charge in [-0.25, -0.2) is 9.59 Å². The lowest BCUT2D eigenvalue weighted by Gasteiger charge is -2.35. The maximum Gasteiger partial charge on any atom is 0.411 e. The smallest absolute Gasteiger partial charge is 0.411 e. The average Bonchev–Trinajstić information content (AvgIpc) is 3.24. The third kappa shape index (κ3) is 10.5. The maximum atomic E-state index is 13.6. The number of amides is 4. The lowest BCUT2D eigenvalue weighted by atomic mass is 10.0. The molecule has 2 heterocycles. The van der Waals surface area contributed by atoms with Gasteiger partial charge in [0, 0.05) is 48.6 Å². The first-order chi connectivity index (χ1) is 19.0. The SMILES string of the molecule is CC(C)(C)OC(=O)NCC(=O)N[C@H]1C[C@H](C(=O)N2CCC(Oc3cc(Cl)cc(Cl)c3)CC2)N(C(=O)OC(C)(C)C)C1. The van der Waals surface area contributed by atoms with Crippen LogP contribution < -0.4 is 15.4 Å². The second kappa shape index (κ2) is 13.4. The zero-order chi connectivity index (χ0) is 30.5. The van der Waals surface area contributed by atoms with Crippen molar-refractivity contribution in [2.24, 2.45) is 0 Å². The minimum atomic E-state index is -0.807. The summed E-state index contributed by atoms with van der Waals surface area (Å²) in [5.74, 6) is -0.111. The van der Waals surface area contributed by atoms with Crippen molar-refractivity contribution >= 4 is 47.2 Å². The molecule has 0 saturated carbocycles. The van der Waals surface area contributed by atoms with Crippen LogP contribution in [-0.4, -0.2) is 89.4 Å². The Hall–Kier alpha value is -2.92. The number of piperidine rings is 1. The molecule has 0 spiro atoms. The van der Waals surface area contributed by atoms with Crippen molar-refractivity contribution in [3.8, 4) is 5.75 Å². The molecule has 0 aromatic heterocycles. The van der Waals surface area contributed by atoms with Crippen molar-refractivity contribution in [1.29, 1.82) is 0 Å². The zero-order valence-corrected chi connectivity index (χ0v) is 25.9. The standard InChI is InChI=1S/C28H40Cl2N4O7/c1-27(2,3)40-25(37)31-15-23(35)32-19-14-22(34(16-19)26(38)41-28(4,5)6)24(36)33-9-7-20(8-10-33)39-21-12-17(29)11-18(30)13-21/h11-13,19-20,22H,7-10,14-16H2,1-6H3,(H,31,37)(H,32,35)/t19-,22+/m0/s1. The van der Waals surface area contributed by atoms with Crippen molar-refractivity contribution in [3.63, 3.8) is 0 Å². The third-order valence-electron chi connectivity index (χ3n) is 6.26. The molecular formula is C28H40Cl2N4O7. The first-order valence-corrected chi connectivity index (χ1v) is 14.4. The predicted molar refractivity (Wildman–Crippen MR) is 154 cm³/mol. The zero-order valence-electron chi connectivity index (χ0n) is 24.4. The van der Waals surface area contributed by atoms with Crippen molar-refractivity contribution < 1.29 is 33.4 Å². The maximum absolute atomic E-state index is 13.6. The second-order valence-electron chi connectivity index (χ2n) is 12.3. The number of carbonyl (C=O) groups excluding carboxylic acids is 4. The number of hydrogen-bond donors (Lipinski definition) is 2. The number of hydrogen-bond acceptors (Lipinski definition) is 7. The van der Waals surface area contributed by atoms with Crippen molar-refractivity contribution in [2.45, 2.75) is 90.2 Å². The number of carbonyl (C=O) groups is 4. The highest BCUT2D eigenvalue weighted by molar-refractivity contribution is 6.34. The van der Waals surface area contributed by atoms with Crippen LogP contribution in [0.5, 0.6) is 5.75 Å². The van der Waals surface area contributed by atoms with Gasteiger partial charge in [-0.2, -0.15) is 0 Å². The van der Waals surface area contributed by atoms with Crippen LogP contribution in [0.1, 0.15) is 60.8 Å². The summed E-state index contributed by atoms with van der Waals surface area (Å²) in [5.41, 5.74) is -1.46. The summed E-state index contributed by atoms with van der Waals surface area (Å²) in [6.45, 7) is 11.1. The minimum absolute atomic E-state index is 0.0958. The van der Waals surface area contributed by atoms with E-state index in [1.54, 1.807) is 64.6 Å². The van der Waals surface area contributed by atoms with Crippen LogP contribution in [-0.2, 0) is 19.1 Å². The quantitative estimate of drug-likeness (QED) is 0.487. The largest absolute Gasteiger partial charge is 0.490 e. The predicted octanol–water partition coefficient (Wildman–Crippen LogP) is 4.38. The van der Waals surface area contributed by atoms with E-state index in [0.29, 0.717) is 41.7 Å². The third-order valence-corrected chi connectivity index (χ3v) is 6.70. The topological polar surface area (TPSA) is 127 Å². The fraction of sp³-hybridized carbons (Fsp3) is 0.643. The molecule has 11 nitrogen and oxygen atoms in total. The molecule has 1 aromatic carbocycles. The van der Waals surface area contributed by atoms with Crippen LogP contribution in [0, 0.1) is 0 Å². The van der Waals surface area contributed by atoms with Gasteiger partial charge in [0.2, 0.25) is 11.8 Å². The summed E-state index contributed by atoms with van der Waals surface area (Å²) in [6, 6.07) is 3.71. The van der Waals surface area contributed by atoms with Gasteiger partial charge in [-0.1, -0.05) is 23.2 Å². The fourth-order valence-corrected chi connectivity index (χ4v) is 5.14. The van der Waals surface area contributed by atoms with E-state index < -0.39 is 41.4 Å². The van der Waals surface area contributed by atoms with Gasteiger partial charge in [0.05, 0.1) is 0 Å². The number of benzene rings is 1. The Morgan fingerprint density at radius 1 is 0.927 bits per heavy atom. The molecule has 41 heavy (non-hydrogen) atoms. The van der Waals surface area contributed by atoms with Gasteiger partial charge in [0.15, 0.2) is 0 Å². The molecule has 228 valence electrons. The number of nitrogens with zero attached hydrogens (tertiary/aromatic N) is 2. The number of alkyl carbamates (subject to hydrolysis) is 1. The number of rotatable bonds is 6. The molecule has 2 aliphatic rings. The normalized spacial score (nSPS) is 19.9. The minimum Gasteiger partial charge on any atom is -0.490 e. The van der Waals surface area contributed by atoms with E-state index in [4.69, 9.17) is 37.4 Å². The van der Waals surface area contributed by atoms with Gasteiger partial charge in [-0.15, -0.1) is 0 Å². The number of likely N-dealkylation sites (tertiary alicyclic amines) is 2. The molecule has 0 bridgehead atoms. The molecule has 0 radical (unpaired) electrons. The Morgan fingerprint density at radius 3 is 2.07 bits per heavy atom. The lowest BCUT2D eigenvalue weighted by Crippen LogP contribution is -2.51. The van der Waals surface area contributed by atoms with E-state index in [2.05, 4.69) is 10.6 Å². The van der Waals surface area contributed by atoms with Crippen LogP contribution >= 0.6 is 23.2 Å². The van der Waals surface area contributed by atoms with Crippen molar-refractivity contribution in [3.05, 3.63) is 28.2 Å². The molecule has 3 rings (SSSR count). The molecule has 2 aliphatic heterocycles. The van der Waals surface area contributed by atoms with E-state index in [1.807, 2.05) is 0 Å². The Balaban J connectivity index is 1.60. The summed E-state index contributed by atoms with van der Waals surface area (Å²) in [5, 5.41) is 6.17. The summed E-state index contributed by atoms with van der Waals surface area (Å²) in [4.78, 5) is 54.2. The molecule has 0 aliphatic carbocycles. The Kier molecular flexibility index (Phi) is 10.6. The van der Waals surface area contributed by atoms with Gasteiger partial charge >= 0.3 is 12.2 Å². The van der Waals surface area contributed by atoms with Crippen LogP contribution in [0.4, 0.5) is 9.59 Å². The van der Waals surface area contributed by atoms with E-state index >= 15 is 0 Å². The molecule has 4 amide bonds. The first-order valence-electron chi connectivity index (χ1n) is 13.7. The van der Waals surface area contributed by atoms with E-state index in [9.17, 15) is 19.2 Å². The monoisotopic (exact) mass is 614 g/mol. The first kappa shape index (κ1) is 32.6. The summed E-state index contributed by atoms with van der Waals surface area (Å²) >= 11 is 12.1. The van der Waals surface area contributed by atoms with Gasteiger partial charge in [-0.3, -0.25) is 14.5 Å². The van der Waals surface area contributed by atoms with Gasteiger partial charge in [-0.05, 0) is 66.2 Å². The summed E-state index contributed by atoms with van der Waals surface area (Å²) < 4.78 is 16.7. The lowest BCUT2D eigenvalue weighted by molar-refractivity contribution is -0.137. The Bertz CT molecular complexity index is 1110. The van der Waals surface area contributed by atoms with Crippen LogP contribution in [0.2, 0.25) is 10.0 Å². The average molecular weight is 616 g/mol. The van der Waals surface area contributed by atoms with Gasteiger partial charge in [0.25, 0.3) is 0 Å². The molecule has 2 atom stereocenters. The van der Waals surface area contributed by atoms with E-state index in [0.717, 1.165) is 0 Å². The van der Waals surface area contributed by atoms with Crippen molar-refractivity contribution in [1.82, 2.24) is 20.4 Å². The second-order valence-corrected chi connectivity index (χ2v) is 13.1. The molecule has 2 saturated heterocycles. The molecule has 2 N–H and O–H groups in total. The Morgan fingerprint density at radius 2 is 1.51 bits per heavy atom. The highest BCUT2D eigenvalue weighted by Crippen LogP contribution is 2.28. The summed E-state index contributed by atoms with van der Waals surface area (Å²) in [7, 11) is 0. The molecular weight excluding hydrogens is 575 g/mol. The molecule has 0 unspecified atom stereocenters. The number of ether oxygens (including phenoxy) is 3. The molecule has 2 fully saturated rings. The van der Waals surface area contributed by atoms with Crippen LogP contribution in [0.15, 0.2) is 18.2 Å². The van der Waals surface area contributed by atoms with Gasteiger partial charge in [0.1, 0.15) is 35.6 Å². The highest BCUT2D eigenvalue weighted by Gasteiger charge is 2.44. The van der Waals surface area contributed by atoms with Crippen LogP contribution in [0.25, 0.3) is 0 Å². The number of nitrogens with one attached hydrogen (secondary N) is 2. The van der Waals surface area contributed by atoms with Gasteiger partial charge < -0.3 is 29.7 Å².